The molecule has 1 fully saturated rings. The van der Waals surface area contributed by atoms with Crippen molar-refractivity contribution in [3.8, 4) is 0 Å². The molecule has 0 aliphatic carbocycles. The minimum Gasteiger partial charge on any atom is -0.530 e. The zero-order valence-corrected chi connectivity index (χ0v) is 10.9. The van der Waals surface area contributed by atoms with Crippen LogP contribution in [0.1, 0.15) is 33.6 Å². The summed E-state index contributed by atoms with van der Waals surface area (Å²) < 4.78 is 40.2. The van der Waals surface area contributed by atoms with Gasteiger partial charge in [0.25, 0.3) is 5.91 Å². The van der Waals surface area contributed by atoms with E-state index in [1.165, 1.54) is 20.8 Å². The summed E-state index contributed by atoms with van der Waals surface area (Å²) in [5.41, 5.74) is -4.49. The normalized spacial score (nSPS) is 24.8. The number of alkyl halides is 3. The molecule has 1 heterocycles. The van der Waals surface area contributed by atoms with Crippen LogP contribution in [0.3, 0.4) is 0 Å². The Bertz CT molecular complexity index is 390. The average Bonchev–Trinajstić information content (AvgIpc) is 2.16. The minimum absolute atomic E-state index is 0.0467. The summed E-state index contributed by atoms with van der Waals surface area (Å²) in [5, 5.41) is 13.3. The maximum absolute atomic E-state index is 13.4. The smallest absolute Gasteiger partial charge is 0.420 e. The molecule has 1 aliphatic heterocycles. The number of nitrogens with one attached hydrogen (secondary N) is 1. The molecule has 8 heteroatoms. The maximum Gasteiger partial charge on any atom is 0.420 e. The largest absolute Gasteiger partial charge is 0.530 e. The van der Waals surface area contributed by atoms with E-state index in [1.807, 2.05) is 0 Å². The molecule has 0 bridgehead atoms. The first-order chi connectivity index (χ1) is 8.44. The number of hydrogen-bond donors (Lipinski definition) is 1. The highest BCUT2D eigenvalue weighted by Crippen LogP contribution is 2.43. The average molecular weight is 281 g/mol. The van der Waals surface area contributed by atoms with Gasteiger partial charge in [-0.15, -0.1) is 0 Å². The van der Waals surface area contributed by atoms with Crippen molar-refractivity contribution in [2.75, 3.05) is 6.54 Å². The summed E-state index contributed by atoms with van der Waals surface area (Å²) in [6.07, 6.45) is -7.58. The lowest BCUT2D eigenvalue weighted by Gasteiger charge is -2.52. The van der Waals surface area contributed by atoms with Gasteiger partial charge in [-0.05, 0) is 33.6 Å². The fourth-order valence-electron chi connectivity index (χ4n) is 2.42. The molecular weight excluding hydrogens is 265 g/mol. The van der Waals surface area contributed by atoms with E-state index in [1.54, 1.807) is 0 Å². The van der Waals surface area contributed by atoms with Gasteiger partial charge in [0, 0.05) is 12.1 Å². The molecule has 110 valence electrons. The molecule has 0 saturated carbocycles. The molecule has 1 unspecified atom stereocenters. The zero-order valence-electron chi connectivity index (χ0n) is 10.9. The van der Waals surface area contributed by atoms with Crippen LogP contribution in [0.2, 0.25) is 0 Å². The van der Waals surface area contributed by atoms with Crippen LogP contribution >= 0.6 is 0 Å². The number of carboxylic acid groups (broad SMARTS) is 1. The number of halogens is 3. The van der Waals surface area contributed by atoms with Crippen molar-refractivity contribution in [1.82, 2.24) is 10.2 Å². The topological polar surface area (TPSA) is 72.5 Å². The summed E-state index contributed by atoms with van der Waals surface area (Å²) >= 11 is 0. The lowest BCUT2D eigenvalue weighted by molar-refractivity contribution is -0.302. The molecule has 5 nitrogen and oxygen atoms in total. The van der Waals surface area contributed by atoms with E-state index in [-0.39, 0.29) is 17.9 Å². The van der Waals surface area contributed by atoms with Crippen LogP contribution in [0, 0.1) is 0 Å². The molecular formula is C11H16F3N2O3-. The van der Waals surface area contributed by atoms with Crippen molar-refractivity contribution in [2.45, 2.75) is 50.9 Å². The first-order valence-corrected chi connectivity index (χ1v) is 5.81. The van der Waals surface area contributed by atoms with Crippen molar-refractivity contribution < 1.29 is 27.9 Å². The molecule has 1 aliphatic rings. The Morgan fingerprint density at radius 2 is 1.89 bits per heavy atom. The lowest BCUT2D eigenvalue weighted by atomic mass is 9.83. The Morgan fingerprint density at radius 3 is 2.21 bits per heavy atom. The van der Waals surface area contributed by atoms with Crippen LogP contribution in [0.4, 0.5) is 18.0 Å². The number of nitrogens with zero attached hydrogens (tertiary/aromatic N) is 1. The number of amides is 2. The molecule has 19 heavy (non-hydrogen) atoms. The predicted octanol–water partition coefficient (Wildman–Crippen LogP) is 0.641. The van der Waals surface area contributed by atoms with Gasteiger partial charge in [0.15, 0.2) is 0 Å². The molecule has 1 rings (SSSR count). The Morgan fingerprint density at radius 1 is 1.37 bits per heavy atom. The van der Waals surface area contributed by atoms with Gasteiger partial charge in [0.2, 0.25) is 5.54 Å². The van der Waals surface area contributed by atoms with E-state index in [4.69, 9.17) is 0 Å². The second-order valence-corrected chi connectivity index (χ2v) is 5.49. The van der Waals surface area contributed by atoms with Gasteiger partial charge < -0.3 is 20.1 Å². The van der Waals surface area contributed by atoms with E-state index in [0.717, 1.165) is 0 Å². The van der Waals surface area contributed by atoms with Gasteiger partial charge >= 0.3 is 6.18 Å². The molecule has 0 spiro atoms. The van der Waals surface area contributed by atoms with E-state index in [2.05, 4.69) is 5.32 Å². The van der Waals surface area contributed by atoms with Crippen LogP contribution < -0.4 is 10.4 Å². The number of rotatable bonds is 1. The van der Waals surface area contributed by atoms with Crippen LogP contribution in [0.15, 0.2) is 0 Å². The van der Waals surface area contributed by atoms with E-state index in [9.17, 15) is 27.9 Å². The Kier molecular flexibility index (Phi) is 3.75. The van der Waals surface area contributed by atoms with Crippen LogP contribution in [0.5, 0.6) is 0 Å². The van der Waals surface area contributed by atoms with Gasteiger partial charge in [-0.3, -0.25) is 4.79 Å². The highest BCUT2D eigenvalue weighted by atomic mass is 19.4. The van der Waals surface area contributed by atoms with Gasteiger partial charge in [-0.25, -0.2) is 0 Å². The van der Waals surface area contributed by atoms with Crippen LogP contribution in [-0.4, -0.2) is 40.7 Å². The Hall–Kier alpha value is -1.47. The van der Waals surface area contributed by atoms with Crippen molar-refractivity contribution >= 4 is 12.0 Å². The minimum atomic E-state index is -5.01. The molecule has 0 aromatic heterocycles. The lowest BCUT2D eigenvalue weighted by Crippen LogP contribution is -2.75. The Balaban J connectivity index is 3.46. The van der Waals surface area contributed by atoms with Gasteiger partial charge in [-0.2, -0.15) is 13.2 Å². The summed E-state index contributed by atoms with van der Waals surface area (Å²) in [4.78, 5) is 23.1. The standard InChI is InChI=1S/C11H17F3N2O3/c1-9(2,3)16(8(18)19)10(11(12,13)14)5-4-6-15-7(10)17/h4-6H2,1-3H3,(H,15,17)(H,18,19)/p-1. The van der Waals surface area contributed by atoms with Crippen LogP contribution in [0.25, 0.3) is 0 Å². The molecule has 1 saturated heterocycles. The molecule has 1 N–H and O–H groups in total. The summed E-state index contributed by atoms with van der Waals surface area (Å²) in [6, 6.07) is 0. The van der Waals surface area contributed by atoms with Gasteiger partial charge in [0.05, 0.1) is 0 Å². The maximum atomic E-state index is 13.4. The van der Waals surface area contributed by atoms with Crippen molar-refractivity contribution in [2.24, 2.45) is 0 Å². The van der Waals surface area contributed by atoms with Crippen molar-refractivity contribution in [3.63, 3.8) is 0 Å². The molecule has 1 atom stereocenters. The monoisotopic (exact) mass is 281 g/mol. The van der Waals surface area contributed by atoms with Gasteiger partial charge in [-0.1, -0.05) is 0 Å². The predicted molar refractivity (Wildman–Crippen MR) is 58.0 cm³/mol. The highest BCUT2D eigenvalue weighted by Gasteiger charge is 2.66. The van der Waals surface area contributed by atoms with E-state index in [0.29, 0.717) is 0 Å². The molecule has 0 aromatic carbocycles. The quantitative estimate of drug-likeness (QED) is 0.766. The third kappa shape index (κ3) is 2.48. The van der Waals surface area contributed by atoms with Gasteiger partial charge in [0.1, 0.15) is 6.09 Å². The zero-order chi connectivity index (χ0) is 15.1. The fourth-order valence-corrected chi connectivity index (χ4v) is 2.42. The third-order valence-electron chi connectivity index (χ3n) is 3.08. The second kappa shape index (κ2) is 4.57. The summed E-state index contributed by atoms with van der Waals surface area (Å²) in [7, 11) is 0. The van der Waals surface area contributed by atoms with Crippen molar-refractivity contribution in [3.05, 3.63) is 0 Å². The SMILES string of the molecule is CC(C)(C)N(C(=O)[O-])C1(C(F)(F)F)CCCNC1=O. The number of piperidine rings is 1. The molecule has 2 amide bonds. The number of carbonyl (C=O) groups is 2. The molecule has 0 radical (unpaired) electrons. The first-order valence-electron chi connectivity index (χ1n) is 5.81. The van der Waals surface area contributed by atoms with E-state index < -0.39 is 35.7 Å². The second-order valence-electron chi connectivity index (χ2n) is 5.49. The van der Waals surface area contributed by atoms with Crippen LogP contribution in [-0.2, 0) is 4.79 Å². The summed E-state index contributed by atoms with van der Waals surface area (Å²) in [6.45, 7) is 3.97. The van der Waals surface area contributed by atoms with E-state index >= 15 is 0 Å². The van der Waals surface area contributed by atoms with Crippen molar-refractivity contribution in [1.29, 1.82) is 0 Å². The fraction of sp³-hybridized carbons (Fsp3) is 0.818. The first kappa shape index (κ1) is 15.6. The summed E-state index contributed by atoms with van der Waals surface area (Å²) in [5.74, 6) is -1.34. The number of carbonyl (C=O) groups excluding carboxylic acids is 2. The highest BCUT2D eigenvalue weighted by molar-refractivity contribution is 5.91. The Labute approximate surface area is 108 Å². The third-order valence-corrected chi connectivity index (χ3v) is 3.08. The molecule has 0 aromatic rings. The number of hydrogen-bond acceptors (Lipinski definition) is 3.